The molecule has 27 heavy (non-hydrogen) atoms. The molecule has 1 aliphatic rings. The van der Waals surface area contributed by atoms with Crippen molar-refractivity contribution in [1.29, 1.82) is 0 Å². The molecule has 0 aliphatic heterocycles. The molecular formula is C19H27ClN4O3. The third-order valence-corrected chi connectivity index (χ3v) is 4.68. The van der Waals surface area contributed by atoms with E-state index in [4.69, 9.17) is 11.6 Å². The molecule has 1 aromatic rings. The van der Waals surface area contributed by atoms with Crippen molar-refractivity contribution in [3.8, 4) is 0 Å². The predicted octanol–water partition coefficient (Wildman–Crippen LogP) is 3.65. The number of carbonyl (C=O) groups excluding carboxylic acids is 3. The zero-order chi connectivity index (χ0) is 19.6. The number of rotatable bonds is 7. The SMILES string of the molecule is CC(=O)Nc1ccc(NC(=O)CCCNC(=O)NC2CCCCC2)cc1Cl. The number of hydrogen-bond donors (Lipinski definition) is 4. The molecular weight excluding hydrogens is 368 g/mol. The Balaban J connectivity index is 1.65. The van der Waals surface area contributed by atoms with Gasteiger partial charge in [-0.3, -0.25) is 9.59 Å². The highest BCUT2D eigenvalue weighted by Crippen LogP contribution is 2.25. The van der Waals surface area contributed by atoms with Crippen LogP contribution in [0.15, 0.2) is 18.2 Å². The molecule has 148 valence electrons. The minimum atomic E-state index is -0.214. The Morgan fingerprint density at radius 3 is 2.52 bits per heavy atom. The number of amides is 4. The molecule has 1 aliphatic carbocycles. The normalized spacial score (nSPS) is 14.3. The minimum absolute atomic E-state index is 0.159. The first-order valence-corrected chi connectivity index (χ1v) is 9.73. The van der Waals surface area contributed by atoms with Gasteiger partial charge in [-0.15, -0.1) is 0 Å². The van der Waals surface area contributed by atoms with Gasteiger partial charge in [0.2, 0.25) is 11.8 Å². The summed E-state index contributed by atoms with van der Waals surface area (Å²) in [6.45, 7) is 1.84. The number of nitrogens with one attached hydrogen (secondary N) is 4. The number of carbonyl (C=O) groups is 3. The van der Waals surface area contributed by atoms with Gasteiger partial charge in [0.05, 0.1) is 10.7 Å². The van der Waals surface area contributed by atoms with Crippen LogP contribution in [0.5, 0.6) is 0 Å². The molecule has 4 N–H and O–H groups in total. The summed E-state index contributed by atoms with van der Waals surface area (Å²) < 4.78 is 0. The topological polar surface area (TPSA) is 99.3 Å². The van der Waals surface area contributed by atoms with Gasteiger partial charge in [-0.1, -0.05) is 30.9 Å². The zero-order valence-corrected chi connectivity index (χ0v) is 16.3. The molecule has 2 rings (SSSR count). The zero-order valence-electron chi connectivity index (χ0n) is 15.6. The van der Waals surface area contributed by atoms with Crippen LogP contribution in [-0.4, -0.2) is 30.4 Å². The summed E-state index contributed by atoms with van der Waals surface area (Å²) in [4.78, 5) is 34.9. The number of urea groups is 1. The molecule has 7 nitrogen and oxygen atoms in total. The lowest BCUT2D eigenvalue weighted by atomic mass is 9.96. The van der Waals surface area contributed by atoms with Crippen molar-refractivity contribution in [2.75, 3.05) is 17.2 Å². The van der Waals surface area contributed by atoms with Crippen LogP contribution in [0.25, 0.3) is 0 Å². The fraction of sp³-hybridized carbons (Fsp3) is 0.526. The average molecular weight is 395 g/mol. The smallest absolute Gasteiger partial charge is 0.315 e. The van der Waals surface area contributed by atoms with Crippen molar-refractivity contribution in [2.45, 2.75) is 57.9 Å². The van der Waals surface area contributed by atoms with E-state index in [0.29, 0.717) is 29.4 Å². The van der Waals surface area contributed by atoms with Gasteiger partial charge in [0.1, 0.15) is 0 Å². The van der Waals surface area contributed by atoms with Crippen molar-refractivity contribution in [3.63, 3.8) is 0 Å². The number of halogens is 1. The van der Waals surface area contributed by atoms with Gasteiger partial charge >= 0.3 is 6.03 Å². The third-order valence-electron chi connectivity index (χ3n) is 4.37. The highest BCUT2D eigenvalue weighted by Gasteiger charge is 2.15. The Hall–Kier alpha value is -2.28. The number of anilines is 2. The van der Waals surface area contributed by atoms with Gasteiger partial charge in [0.25, 0.3) is 0 Å². The molecule has 8 heteroatoms. The second-order valence-electron chi connectivity index (χ2n) is 6.76. The summed E-state index contributed by atoms with van der Waals surface area (Å²) in [6, 6.07) is 5.00. The van der Waals surface area contributed by atoms with E-state index >= 15 is 0 Å². The Morgan fingerprint density at radius 1 is 1.11 bits per heavy atom. The van der Waals surface area contributed by atoms with Gasteiger partial charge in [-0.2, -0.15) is 0 Å². The fourth-order valence-corrected chi connectivity index (χ4v) is 3.27. The molecule has 0 unspecified atom stereocenters. The van der Waals surface area contributed by atoms with E-state index in [-0.39, 0.29) is 30.3 Å². The molecule has 0 atom stereocenters. The highest BCUT2D eigenvalue weighted by molar-refractivity contribution is 6.34. The van der Waals surface area contributed by atoms with E-state index in [1.54, 1.807) is 18.2 Å². The van der Waals surface area contributed by atoms with E-state index in [0.717, 1.165) is 12.8 Å². The standard InChI is InChI=1S/C19H27ClN4O3/c1-13(25)22-17-10-9-15(12-16(17)20)23-18(26)8-5-11-21-19(27)24-14-6-3-2-4-7-14/h9-10,12,14H,2-8,11H2,1H3,(H,22,25)(H,23,26)(H2,21,24,27). The molecule has 1 fully saturated rings. The lowest BCUT2D eigenvalue weighted by molar-refractivity contribution is -0.116. The van der Waals surface area contributed by atoms with Crippen LogP contribution < -0.4 is 21.3 Å². The van der Waals surface area contributed by atoms with Crippen LogP contribution in [0.1, 0.15) is 51.9 Å². The van der Waals surface area contributed by atoms with Crippen molar-refractivity contribution in [3.05, 3.63) is 23.2 Å². The molecule has 0 aromatic heterocycles. The van der Waals surface area contributed by atoms with Crippen LogP contribution in [-0.2, 0) is 9.59 Å². The van der Waals surface area contributed by atoms with Gasteiger partial charge in [-0.25, -0.2) is 4.79 Å². The molecule has 0 saturated heterocycles. The molecule has 0 bridgehead atoms. The number of benzene rings is 1. The van der Waals surface area contributed by atoms with Crippen LogP contribution in [0.4, 0.5) is 16.2 Å². The summed E-state index contributed by atoms with van der Waals surface area (Å²) in [6.07, 6.45) is 6.49. The van der Waals surface area contributed by atoms with Crippen molar-refractivity contribution in [2.24, 2.45) is 0 Å². The van der Waals surface area contributed by atoms with E-state index in [9.17, 15) is 14.4 Å². The second-order valence-corrected chi connectivity index (χ2v) is 7.17. The van der Waals surface area contributed by atoms with Crippen molar-refractivity contribution >= 4 is 40.8 Å². The Bertz CT molecular complexity index is 675. The largest absolute Gasteiger partial charge is 0.338 e. The summed E-state index contributed by atoms with van der Waals surface area (Å²) in [5, 5.41) is 11.5. The van der Waals surface area contributed by atoms with Crippen LogP contribution in [0, 0.1) is 0 Å². The lowest BCUT2D eigenvalue weighted by Crippen LogP contribution is -2.43. The van der Waals surface area contributed by atoms with Crippen molar-refractivity contribution in [1.82, 2.24) is 10.6 Å². The maximum atomic E-state index is 12.0. The maximum absolute atomic E-state index is 12.0. The molecule has 4 amide bonds. The highest BCUT2D eigenvalue weighted by atomic mass is 35.5. The summed E-state index contributed by atoms with van der Waals surface area (Å²) in [5.74, 6) is -0.374. The molecule has 0 radical (unpaired) electrons. The molecule has 1 aromatic carbocycles. The first kappa shape index (κ1) is 21.0. The first-order chi connectivity index (χ1) is 12.9. The Kier molecular flexibility index (Phi) is 8.39. The van der Waals surface area contributed by atoms with Crippen molar-refractivity contribution < 1.29 is 14.4 Å². The van der Waals surface area contributed by atoms with Gasteiger partial charge in [0, 0.05) is 31.6 Å². The summed E-state index contributed by atoms with van der Waals surface area (Å²) >= 11 is 6.08. The Morgan fingerprint density at radius 2 is 1.85 bits per heavy atom. The molecule has 0 heterocycles. The van der Waals surface area contributed by atoms with Crippen LogP contribution >= 0.6 is 11.6 Å². The third kappa shape index (κ3) is 7.86. The minimum Gasteiger partial charge on any atom is -0.338 e. The Labute approximate surface area is 164 Å². The van der Waals surface area contributed by atoms with E-state index in [1.165, 1.54) is 26.2 Å². The quantitative estimate of drug-likeness (QED) is 0.531. The summed E-state index contributed by atoms with van der Waals surface area (Å²) in [7, 11) is 0. The van der Waals surface area contributed by atoms with Crippen LogP contribution in [0.2, 0.25) is 5.02 Å². The van der Waals surface area contributed by atoms with E-state index < -0.39 is 0 Å². The summed E-state index contributed by atoms with van der Waals surface area (Å²) in [5.41, 5.74) is 1.05. The van der Waals surface area contributed by atoms with Crippen LogP contribution in [0.3, 0.4) is 0 Å². The van der Waals surface area contributed by atoms with E-state index in [2.05, 4.69) is 21.3 Å². The van der Waals surface area contributed by atoms with Gasteiger partial charge in [-0.05, 0) is 37.5 Å². The molecule has 1 saturated carbocycles. The lowest BCUT2D eigenvalue weighted by Gasteiger charge is -2.22. The fourth-order valence-electron chi connectivity index (χ4n) is 3.04. The van der Waals surface area contributed by atoms with E-state index in [1.807, 2.05) is 0 Å². The first-order valence-electron chi connectivity index (χ1n) is 9.35. The molecule has 0 spiro atoms. The monoisotopic (exact) mass is 394 g/mol. The van der Waals surface area contributed by atoms with Gasteiger partial charge in [0.15, 0.2) is 0 Å². The predicted molar refractivity (Wildman–Crippen MR) is 107 cm³/mol. The maximum Gasteiger partial charge on any atom is 0.315 e. The average Bonchev–Trinajstić information content (AvgIpc) is 2.62. The van der Waals surface area contributed by atoms with Gasteiger partial charge < -0.3 is 21.3 Å². The second kappa shape index (κ2) is 10.8. The number of hydrogen-bond acceptors (Lipinski definition) is 3.